The van der Waals surface area contributed by atoms with Crippen LogP contribution in [0.3, 0.4) is 0 Å². The lowest BCUT2D eigenvalue weighted by atomic mass is 10.1. The van der Waals surface area contributed by atoms with E-state index < -0.39 is 5.97 Å². The number of hydrogen-bond acceptors (Lipinski definition) is 8. The van der Waals surface area contributed by atoms with Crippen molar-refractivity contribution < 1.29 is 14.3 Å². The van der Waals surface area contributed by atoms with Crippen LogP contribution in [0.15, 0.2) is 53.6 Å². The Labute approximate surface area is 188 Å². The lowest BCUT2D eigenvalue weighted by Gasteiger charge is -2.28. The number of para-hydroxylation sites is 1. The average Bonchev–Trinajstić information content (AvgIpc) is 3.32. The molecule has 0 bridgehead atoms. The number of morpholine rings is 1. The Morgan fingerprint density at radius 3 is 2.88 bits per heavy atom. The number of carbonyl (C=O) groups is 1. The summed E-state index contributed by atoms with van der Waals surface area (Å²) in [4.78, 5) is 34.4. The van der Waals surface area contributed by atoms with Crippen molar-refractivity contribution in [3.05, 3.63) is 70.3 Å². The van der Waals surface area contributed by atoms with E-state index >= 15 is 0 Å². The lowest BCUT2D eigenvalue weighted by Crippen LogP contribution is -2.37. The third-order valence-corrected chi connectivity index (χ3v) is 5.58. The van der Waals surface area contributed by atoms with Crippen molar-refractivity contribution in [2.75, 3.05) is 38.3 Å². The van der Waals surface area contributed by atoms with Gasteiger partial charge in [-0.1, -0.05) is 17.3 Å². The zero-order valence-electron chi connectivity index (χ0n) is 18.0. The van der Waals surface area contributed by atoms with Crippen LogP contribution in [0.5, 0.6) is 0 Å². The molecule has 1 aromatic carbocycles. The Morgan fingerprint density at radius 1 is 1.21 bits per heavy atom. The van der Waals surface area contributed by atoms with Gasteiger partial charge in [-0.2, -0.15) is 0 Å². The molecule has 1 aliphatic rings. The summed E-state index contributed by atoms with van der Waals surface area (Å²) in [6.45, 7) is 3.02. The standard InChI is InChI=1S/C23H22N6O4/c1-32-23(31)15-5-6-24-16(11-15)13-29-14-19(26-27-29)17-3-2-4-18-20(30)12-21(25-22(17)18)28-7-9-33-10-8-28/h2-6,11-12,14H,7-10,13H2,1H3,(H,25,30). The van der Waals surface area contributed by atoms with Crippen molar-refractivity contribution in [1.82, 2.24) is 25.0 Å². The van der Waals surface area contributed by atoms with Gasteiger partial charge in [0, 0.05) is 36.3 Å². The molecule has 0 aliphatic carbocycles. The molecule has 1 saturated heterocycles. The first-order valence-electron chi connectivity index (χ1n) is 10.5. The normalized spacial score (nSPS) is 13.9. The molecule has 1 aliphatic heterocycles. The highest BCUT2D eigenvalue weighted by atomic mass is 16.5. The van der Waals surface area contributed by atoms with E-state index in [-0.39, 0.29) is 5.43 Å². The van der Waals surface area contributed by atoms with Crippen LogP contribution in [0.1, 0.15) is 16.1 Å². The van der Waals surface area contributed by atoms with Crippen LogP contribution in [0.2, 0.25) is 0 Å². The van der Waals surface area contributed by atoms with Crippen molar-refractivity contribution in [3.63, 3.8) is 0 Å². The number of aromatic amines is 1. The molecule has 1 fully saturated rings. The molecule has 5 rings (SSSR count). The molecule has 0 spiro atoms. The molecule has 0 radical (unpaired) electrons. The van der Waals surface area contributed by atoms with Crippen LogP contribution >= 0.6 is 0 Å². The van der Waals surface area contributed by atoms with Gasteiger partial charge in [0.05, 0.1) is 49.8 Å². The minimum absolute atomic E-state index is 0.0525. The molecular weight excluding hydrogens is 424 g/mol. The maximum absolute atomic E-state index is 12.8. The van der Waals surface area contributed by atoms with Crippen LogP contribution in [0.25, 0.3) is 22.2 Å². The average molecular weight is 446 g/mol. The fourth-order valence-corrected chi connectivity index (χ4v) is 3.92. The van der Waals surface area contributed by atoms with Crippen LogP contribution in [-0.2, 0) is 16.0 Å². The van der Waals surface area contributed by atoms with E-state index in [0.29, 0.717) is 47.6 Å². The van der Waals surface area contributed by atoms with Gasteiger partial charge in [0.2, 0.25) is 0 Å². The molecule has 1 N–H and O–H groups in total. The number of rotatable bonds is 5. The number of carbonyl (C=O) groups excluding carboxylic acids is 1. The quantitative estimate of drug-likeness (QED) is 0.462. The number of nitrogens with zero attached hydrogens (tertiary/aromatic N) is 5. The molecule has 4 heterocycles. The number of aromatic nitrogens is 5. The van der Waals surface area contributed by atoms with E-state index in [9.17, 15) is 9.59 Å². The number of fused-ring (bicyclic) bond motifs is 1. The van der Waals surface area contributed by atoms with E-state index in [1.807, 2.05) is 12.1 Å². The maximum Gasteiger partial charge on any atom is 0.337 e. The molecule has 0 saturated carbocycles. The second-order valence-electron chi connectivity index (χ2n) is 7.68. The molecule has 0 unspecified atom stereocenters. The summed E-state index contributed by atoms with van der Waals surface area (Å²) in [7, 11) is 1.34. The van der Waals surface area contributed by atoms with Gasteiger partial charge >= 0.3 is 5.97 Å². The van der Waals surface area contributed by atoms with Crippen molar-refractivity contribution >= 4 is 22.7 Å². The number of ether oxygens (including phenoxy) is 2. The third kappa shape index (κ3) is 4.20. The second kappa shape index (κ2) is 8.83. The SMILES string of the molecule is COC(=O)c1ccnc(Cn2cc(-c3cccc4c(=O)cc(N5CCOCC5)[nH]c34)nn2)c1. The number of anilines is 1. The minimum atomic E-state index is -0.422. The molecular formula is C23H22N6O4. The van der Waals surface area contributed by atoms with Gasteiger partial charge in [-0.3, -0.25) is 9.78 Å². The van der Waals surface area contributed by atoms with Crippen LogP contribution in [0.4, 0.5) is 5.82 Å². The van der Waals surface area contributed by atoms with Gasteiger partial charge in [-0.25, -0.2) is 9.48 Å². The van der Waals surface area contributed by atoms with E-state index in [4.69, 9.17) is 9.47 Å². The van der Waals surface area contributed by atoms with Crippen molar-refractivity contribution in [2.24, 2.45) is 0 Å². The first kappa shape index (κ1) is 20.8. The van der Waals surface area contributed by atoms with Crippen molar-refractivity contribution in [3.8, 4) is 11.3 Å². The van der Waals surface area contributed by atoms with Gasteiger partial charge in [-0.15, -0.1) is 5.10 Å². The number of nitrogens with one attached hydrogen (secondary N) is 1. The zero-order chi connectivity index (χ0) is 22.8. The Balaban J connectivity index is 1.48. The molecule has 4 aromatic rings. The van der Waals surface area contributed by atoms with Gasteiger partial charge in [0.25, 0.3) is 0 Å². The van der Waals surface area contributed by atoms with Gasteiger partial charge < -0.3 is 19.4 Å². The fraction of sp³-hybridized carbons (Fsp3) is 0.261. The summed E-state index contributed by atoms with van der Waals surface area (Å²) in [5.41, 5.74) is 3.13. The predicted octanol–water partition coefficient (Wildman–Crippen LogP) is 1.85. The monoisotopic (exact) mass is 446 g/mol. The van der Waals surface area contributed by atoms with E-state index in [1.54, 1.807) is 41.3 Å². The number of H-pyrrole nitrogens is 1. The minimum Gasteiger partial charge on any atom is -0.465 e. The third-order valence-electron chi connectivity index (χ3n) is 5.58. The first-order chi connectivity index (χ1) is 16.1. The highest BCUT2D eigenvalue weighted by Crippen LogP contribution is 2.26. The molecule has 0 atom stereocenters. The second-order valence-corrected chi connectivity index (χ2v) is 7.68. The van der Waals surface area contributed by atoms with Crippen LogP contribution < -0.4 is 10.3 Å². The Bertz CT molecular complexity index is 1370. The van der Waals surface area contributed by atoms with Gasteiger partial charge in [0.15, 0.2) is 5.43 Å². The first-order valence-corrected chi connectivity index (χ1v) is 10.5. The topological polar surface area (TPSA) is 115 Å². The van der Waals surface area contributed by atoms with Crippen molar-refractivity contribution in [2.45, 2.75) is 6.54 Å². The van der Waals surface area contributed by atoms with E-state index in [2.05, 4.69) is 25.2 Å². The van der Waals surface area contributed by atoms with Crippen LogP contribution in [-0.4, -0.2) is 64.3 Å². The Hall–Kier alpha value is -4.05. The zero-order valence-corrected chi connectivity index (χ0v) is 18.0. The molecule has 33 heavy (non-hydrogen) atoms. The maximum atomic E-state index is 12.8. The Kier molecular flexibility index (Phi) is 5.57. The fourth-order valence-electron chi connectivity index (χ4n) is 3.92. The molecule has 10 nitrogen and oxygen atoms in total. The summed E-state index contributed by atoms with van der Waals surface area (Å²) in [6, 6.07) is 10.4. The Morgan fingerprint density at radius 2 is 2.06 bits per heavy atom. The molecule has 168 valence electrons. The number of methoxy groups -OCH3 is 1. The summed E-state index contributed by atoms with van der Waals surface area (Å²) < 4.78 is 11.8. The number of pyridine rings is 2. The summed E-state index contributed by atoms with van der Waals surface area (Å²) in [5.74, 6) is 0.341. The van der Waals surface area contributed by atoms with Crippen molar-refractivity contribution in [1.29, 1.82) is 0 Å². The van der Waals surface area contributed by atoms with E-state index in [1.165, 1.54) is 7.11 Å². The molecule has 3 aromatic heterocycles. The van der Waals surface area contributed by atoms with Gasteiger partial charge in [-0.05, 0) is 18.2 Å². The largest absolute Gasteiger partial charge is 0.465 e. The summed E-state index contributed by atoms with van der Waals surface area (Å²) in [6.07, 6.45) is 3.35. The lowest BCUT2D eigenvalue weighted by molar-refractivity contribution is 0.0600. The summed E-state index contributed by atoms with van der Waals surface area (Å²) in [5, 5.41) is 9.12. The molecule has 0 amide bonds. The smallest absolute Gasteiger partial charge is 0.337 e. The summed E-state index contributed by atoms with van der Waals surface area (Å²) >= 11 is 0. The highest BCUT2D eigenvalue weighted by molar-refractivity contribution is 5.93. The number of hydrogen-bond donors (Lipinski definition) is 1. The van der Waals surface area contributed by atoms with Crippen LogP contribution in [0, 0.1) is 0 Å². The number of benzene rings is 1. The molecule has 10 heteroatoms. The van der Waals surface area contributed by atoms with Gasteiger partial charge in [0.1, 0.15) is 11.5 Å². The van der Waals surface area contributed by atoms with E-state index in [0.717, 1.165) is 24.5 Å². The highest BCUT2D eigenvalue weighted by Gasteiger charge is 2.16. The predicted molar refractivity (Wildman–Crippen MR) is 121 cm³/mol. The number of esters is 1.